The van der Waals surface area contributed by atoms with Crippen LogP contribution < -0.4 is 4.72 Å². The largest absolute Gasteiger partial charge is 0.308 e. The molecular weight excluding hydrogens is 269 g/mol. The Kier molecular flexibility index (Phi) is 5.00. The maximum Gasteiger partial charge on any atom is 0.242 e. The molecule has 0 aliphatic rings. The van der Waals surface area contributed by atoms with E-state index in [0.29, 0.717) is 6.54 Å². The fourth-order valence-corrected chi connectivity index (χ4v) is 3.15. The predicted octanol–water partition coefficient (Wildman–Crippen LogP) is 0.926. The number of rotatable bonds is 5. The molecule has 0 radical (unpaired) electrons. The highest BCUT2D eigenvalue weighted by molar-refractivity contribution is 7.89. The molecule has 1 N–H and O–H groups in total. The normalized spacial score (nSPS) is 13.3. The van der Waals surface area contributed by atoms with Gasteiger partial charge in [0.05, 0.1) is 0 Å². The van der Waals surface area contributed by atoms with E-state index in [1.165, 1.54) is 12.1 Å². The van der Waals surface area contributed by atoms with Crippen molar-refractivity contribution in [1.29, 1.82) is 5.26 Å². The summed E-state index contributed by atoms with van der Waals surface area (Å²) < 4.78 is 40.0. The topological polar surface area (TPSA) is 73.2 Å². The van der Waals surface area contributed by atoms with Crippen LogP contribution in [0.4, 0.5) is 4.39 Å². The van der Waals surface area contributed by atoms with Crippen LogP contribution in [0.25, 0.3) is 0 Å². The number of halogens is 1. The van der Waals surface area contributed by atoms with E-state index in [-0.39, 0.29) is 10.9 Å². The Hall–Kier alpha value is -1.49. The van der Waals surface area contributed by atoms with Crippen molar-refractivity contribution in [1.82, 2.24) is 9.62 Å². The zero-order valence-corrected chi connectivity index (χ0v) is 11.8. The summed E-state index contributed by atoms with van der Waals surface area (Å²) in [6, 6.07) is 4.76. The molecule has 1 aromatic rings. The highest BCUT2D eigenvalue weighted by Crippen LogP contribution is 2.18. The summed E-state index contributed by atoms with van der Waals surface area (Å²) in [6.45, 7) is 2.19. The van der Waals surface area contributed by atoms with E-state index >= 15 is 0 Å². The number of nitriles is 1. The van der Waals surface area contributed by atoms with Crippen molar-refractivity contribution in [2.75, 3.05) is 20.6 Å². The summed E-state index contributed by atoms with van der Waals surface area (Å²) in [7, 11) is -0.283. The lowest BCUT2D eigenvalue weighted by Crippen LogP contribution is -2.39. The minimum atomic E-state index is -3.91. The third-order valence-electron chi connectivity index (χ3n) is 2.37. The van der Waals surface area contributed by atoms with Gasteiger partial charge in [0.25, 0.3) is 0 Å². The molecule has 5 nitrogen and oxygen atoms in total. The maximum absolute atomic E-state index is 13.4. The lowest BCUT2D eigenvalue weighted by molar-refractivity contribution is 0.370. The average molecular weight is 285 g/mol. The van der Waals surface area contributed by atoms with E-state index in [9.17, 15) is 12.8 Å². The van der Waals surface area contributed by atoms with Crippen LogP contribution in [0, 0.1) is 17.1 Å². The first-order chi connectivity index (χ1) is 8.77. The minimum absolute atomic E-state index is 0.333. The van der Waals surface area contributed by atoms with E-state index in [1.54, 1.807) is 13.0 Å². The molecule has 0 amide bonds. The summed E-state index contributed by atoms with van der Waals surface area (Å²) >= 11 is 0. The molecule has 7 heteroatoms. The minimum Gasteiger partial charge on any atom is -0.308 e. The van der Waals surface area contributed by atoms with Gasteiger partial charge in [0.2, 0.25) is 10.0 Å². The van der Waals surface area contributed by atoms with Crippen LogP contribution in [0.3, 0.4) is 0 Å². The van der Waals surface area contributed by atoms with Crippen molar-refractivity contribution >= 4 is 10.0 Å². The molecule has 0 bridgehead atoms. The van der Waals surface area contributed by atoms with E-state index in [1.807, 2.05) is 19.0 Å². The van der Waals surface area contributed by atoms with Crippen molar-refractivity contribution in [3.05, 3.63) is 29.6 Å². The number of likely N-dealkylation sites (N-methyl/N-ethyl adjacent to an activating group) is 1. The molecule has 1 aromatic carbocycles. The molecular formula is C12H16FN3O2S. The third-order valence-corrected chi connectivity index (χ3v) is 4.00. The second-order valence-electron chi connectivity index (χ2n) is 4.51. The fraction of sp³-hybridized carbons (Fsp3) is 0.417. The SMILES string of the molecule is CC(CN(C)C)NS(=O)(=O)c1cccc(F)c1C#N. The standard InChI is InChI=1S/C12H16FN3O2S/c1-9(8-16(2)3)15-19(17,18)12-6-4-5-11(13)10(12)7-14/h4-6,9,15H,8H2,1-3H3. The Morgan fingerprint density at radius 1 is 1.47 bits per heavy atom. The lowest BCUT2D eigenvalue weighted by Gasteiger charge is -2.18. The molecule has 0 aromatic heterocycles. The number of hydrogen-bond donors (Lipinski definition) is 1. The Morgan fingerprint density at radius 2 is 2.11 bits per heavy atom. The van der Waals surface area contributed by atoms with Crippen LogP contribution >= 0.6 is 0 Å². The van der Waals surface area contributed by atoms with Crippen molar-refractivity contribution in [3.8, 4) is 6.07 Å². The molecule has 104 valence electrons. The van der Waals surface area contributed by atoms with Gasteiger partial charge in [-0.25, -0.2) is 17.5 Å². The van der Waals surface area contributed by atoms with E-state index < -0.39 is 21.4 Å². The molecule has 0 heterocycles. The molecule has 0 fully saturated rings. The zero-order chi connectivity index (χ0) is 14.6. The van der Waals surface area contributed by atoms with Gasteiger partial charge in [-0.2, -0.15) is 5.26 Å². The van der Waals surface area contributed by atoms with Crippen LogP contribution in [0.5, 0.6) is 0 Å². The van der Waals surface area contributed by atoms with Crippen molar-refractivity contribution in [3.63, 3.8) is 0 Å². The third kappa shape index (κ3) is 3.99. The molecule has 1 rings (SSSR count). The van der Waals surface area contributed by atoms with E-state index in [4.69, 9.17) is 5.26 Å². The summed E-state index contributed by atoms with van der Waals surface area (Å²) in [6.07, 6.45) is 0. The van der Waals surface area contributed by atoms with Gasteiger partial charge in [-0.05, 0) is 33.2 Å². The van der Waals surface area contributed by atoms with E-state index in [0.717, 1.165) is 6.07 Å². The number of sulfonamides is 1. The molecule has 0 saturated carbocycles. The number of nitrogens with one attached hydrogen (secondary N) is 1. The predicted molar refractivity (Wildman–Crippen MR) is 69.5 cm³/mol. The van der Waals surface area contributed by atoms with E-state index in [2.05, 4.69) is 4.72 Å². The molecule has 1 unspecified atom stereocenters. The fourth-order valence-electron chi connectivity index (χ4n) is 1.75. The lowest BCUT2D eigenvalue weighted by atomic mass is 10.2. The maximum atomic E-state index is 13.4. The highest BCUT2D eigenvalue weighted by Gasteiger charge is 2.23. The Bertz CT molecular complexity index is 593. The van der Waals surface area contributed by atoms with Crippen LogP contribution in [0.15, 0.2) is 23.1 Å². The van der Waals surface area contributed by atoms with Crippen LogP contribution in [-0.2, 0) is 10.0 Å². The van der Waals surface area contributed by atoms with Gasteiger partial charge in [-0.15, -0.1) is 0 Å². The monoisotopic (exact) mass is 285 g/mol. The zero-order valence-electron chi connectivity index (χ0n) is 11.0. The average Bonchev–Trinajstić information content (AvgIpc) is 2.26. The van der Waals surface area contributed by atoms with Crippen molar-refractivity contribution in [2.24, 2.45) is 0 Å². The van der Waals surface area contributed by atoms with Crippen LogP contribution in [0.2, 0.25) is 0 Å². The molecule has 1 atom stereocenters. The first-order valence-corrected chi connectivity index (χ1v) is 7.12. The Morgan fingerprint density at radius 3 is 2.63 bits per heavy atom. The molecule has 0 saturated heterocycles. The van der Waals surface area contributed by atoms with Gasteiger partial charge >= 0.3 is 0 Å². The Labute approximate surface area is 112 Å². The number of hydrogen-bond acceptors (Lipinski definition) is 4. The summed E-state index contributed by atoms with van der Waals surface area (Å²) in [4.78, 5) is 1.49. The first kappa shape index (κ1) is 15.6. The summed E-state index contributed by atoms with van der Waals surface area (Å²) in [5.41, 5.74) is -0.466. The van der Waals surface area contributed by atoms with Gasteiger partial charge < -0.3 is 4.90 Å². The van der Waals surface area contributed by atoms with Gasteiger partial charge in [0, 0.05) is 12.6 Å². The molecule has 19 heavy (non-hydrogen) atoms. The molecule has 0 aliphatic carbocycles. The molecule has 0 spiro atoms. The smallest absolute Gasteiger partial charge is 0.242 e. The highest BCUT2D eigenvalue weighted by atomic mass is 32.2. The quantitative estimate of drug-likeness (QED) is 0.873. The van der Waals surface area contributed by atoms with Gasteiger partial charge in [0.15, 0.2) is 0 Å². The van der Waals surface area contributed by atoms with Crippen molar-refractivity contribution < 1.29 is 12.8 Å². The van der Waals surface area contributed by atoms with Crippen LogP contribution in [-0.4, -0.2) is 40.0 Å². The van der Waals surface area contributed by atoms with Crippen LogP contribution in [0.1, 0.15) is 12.5 Å². The first-order valence-electron chi connectivity index (χ1n) is 5.63. The summed E-state index contributed by atoms with van der Waals surface area (Å²) in [5, 5.41) is 8.85. The van der Waals surface area contributed by atoms with Gasteiger partial charge in [-0.1, -0.05) is 6.07 Å². The van der Waals surface area contributed by atoms with Crippen molar-refractivity contribution in [2.45, 2.75) is 17.9 Å². The number of benzene rings is 1. The second kappa shape index (κ2) is 6.10. The second-order valence-corrected chi connectivity index (χ2v) is 6.19. The van der Waals surface area contributed by atoms with Gasteiger partial charge in [0.1, 0.15) is 22.3 Å². The van der Waals surface area contributed by atoms with Gasteiger partial charge in [-0.3, -0.25) is 0 Å². The number of nitrogens with zero attached hydrogens (tertiary/aromatic N) is 2. The Balaban J connectivity index is 3.09. The molecule has 0 aliphatic heterocycles. The summed E-state index contributed by atoms with van der Waals surface area (Å²) in [5.74, 6) is -0.842.